The molecule has 130 valence electrons. The van der Waals surface area contributed by atoms with Crippen molar-refractivity contribution in [1.29, 1.82) is 0 Å². The van der Waals surface area contributed by atoms with E-state index in [9.17, 15) is 14.0 Å². The molecule has 0 spiro atoms. The Morgan fingerprint density at radius 1 is 1.16 bits per heavy atom. The number of nitrogens with zero attached hydrogens (tertiary/aromatic N) is 1. The van der Waals surface area contributed by atoms with Crippen LogP contribution in [0.5, 0.6) is 0 Å². The van der Waals surface area contributed by atoms with E-state index in [1.807, 2.05) is 31.2 Å². The van der Waals surface area contributed by atoms with Crippen LogP contribution in [0.4, 0.5) is 10.1 Å². The number of rotatable bonds is 5. The quantitative estimate of drug-likeness (QED) is 0.777. The van der Waals surface area contributed by atoms with Gasteiger partial charge in [0.05, 0.1) is 0 Å². The minimum Gasteiger partial charge on any atom is -0.456 e. The zero-order valence-electron chi connectivity index (χ0n) is 14.1. The maximum absolute atomic E-state index is 13.1. The molecule has 0 N–H and O–H groups in total. The summed E-state index contributed by atoms with van der Waals surface area (Å²) in [4.78, 5) is 26.1. The summed E-state index contributed by atoms with van der Waals surface area (Å²) >= 11 is 0. The topological polar surface area (TPSA) is 46.6 Å². The Morgan fingerprint density at radius 2 is 1.88 bits per heavy atom. The fourth-order valence-corrected chi connectivity index (χ4v) is 3.06. The third kappa shape index (κ3) is 3.87. The van der Waals surface area contributed by atoms with Crippen LogP contribution < -0.4 is 4.90 Å². The molecule has 1 aliphatic rings. The van der Waals surface area contributed by atoms with Crippen LogP contribution >= 0.6 is 0 Å². The molecule has 2 aromatic rings. The van der Waals surface area contributed by atoms with Gasteiger partial charge in [0.15, 0.2) is 0 Å². The molecule has 0 aromatic heterocycles. The van der Waals surface area contributed by atoms with Crippen LogP contribution in [0.2, 0.25) is 0 Å². The van der Waals surface area contributed by atoms with E-state index in [0.29, 0.717) is 19.3 Å². The lowest BCUT2D eigenvalue weighted by Gasteiger charge is -2.29. The van der Waals surface area contributed by atoms with Crippen LogP contribution in [0.15, 0.2) is 48.5 Å². The predicted molar refractivity (Wildman–Crippen MR) is 92.6 cm³/mol. The Morgan fingerprint density at radius 3 is 2.60 bits per heavy atom. The fourth-order valence-electron chi connectivity index (χ4n) is 3.06. The van der Waals surface area contributed by atoms with E-state index in [-0.39, 0.29) is 18.3 Å². The number of anilines is 1. The molecule has 0 bridgehead atoms. The molecule has 0 radical (unpaired) electrons. The summed E-state index contributed by atoms with van der Waals surface area (Å²) < 4.78 is 18.6. The fraction of sp³-hybridized carbons (Fsp3) is 0.300. The molecule has 0 saturated carbocycles. The first-order valence-corrected chi connectivity index (χ1v) is 8.41. The highest BCUT2D eigenvalue weighted by molar-refractivity contribution is 6.00. The highest BCUT2D eigenvalue weighted by Gasteiger charge is 2.27. The summed E-state index contributed by atoms with van der Waals surface area (Å²) in [5.74, 6) is -0.882. The number of hydrogen-bond acceptors (Lipinski definition) is 3. The van der Waals surface area contributed by atoms with Crippen molar-refractivity contribution in [3.05, 3.63) is 65.5 Å². The number of ether oxygens (including phenoxy) is 1. The van der Waals surface area contributed by atoms with E-state index >= 15 is 0 Å². The van der Waals surface area contributed by atoms with Gasteiger partial charge < -0.3 is 9.64 Å². The van der Waals surface area contributed by atoms with Crippen molar-refractivity contribution < 1.29 is 18.7 Å². The van der Waals surface area contributed by atoms with Gasteiger partial charge in [0, 0.05) is 12.1 Å². The number of carbonyl (C=O) groups is 2. The number of aryl methyl sites for hydroxylation is 1. The number of para-hydroxylation sites is 1. The molecular weight excluding hydrogens is 321 g/mol. The van der Waals surface area contributed by atoms with Crippen LogP contribution in [0.1, 0.15) is 37.0 Å². The minimum absolute atomic E-state index is 0.0783. The minimum atomic E-state index is -0.471. The number of hydrogen-bond donors (Lipinski definition) is 0. The van der Waals surface area contributed by atoms with E-state index in [1.165, 1.54) is 17.0 Å². The lowest BCUT2D eigenvalue weighted by atomic mass is 10.0. The van der Waals surface area contributed by atoms with Gasteiger partial charge in [0.1, 0.15) is 18.5 Å². The van der Waals surface area contributed by atoms with Gasteiger partial charge in [-0.25, -0.2) is 4.39 Å². The van der Waals surface area contributed by atoms with Gasteiger partial charge in [-0.05, 0) is 42.2 Å². The van der Waals surface area contributed by atoms with Crippen LogP contribution in [0, 0.1) is 5.82 Å². The number of carbonyl (C=O) groups excluding carboxylic acids is 2. The number of halogens is 1. The Hall–Kier alpha value is -2.69. The molecular formula is C20H20FNO3. The van der Waals surface area contributed by atoms with Crippen molar-refractivity contribution in [1.82, 2.24) is 0 Å². The zero-order chi connectivity index (χ0) is 17.8. The van der Waals surface area contributed by atoms with Crippen molar-refractivity contribution in [3.63, 3.8) is 0 Å². The summed E-state index contributed by atoms with van der Waals surface area (Å²) in [7, 11) is 0. The Balaban J connectivity index is 1.71. The van der Waals surface area contributed by atoms with Crippen LogP contribution in [-0.2, 0) is 20.7 Å². The average Bonchev–Trinajstić information content (AvgIpc) is 2.63. The largest absolute Gasteiger partial charge is 0.456 e. The molecule has 1 atom stereocenters. The molecule has 0 fully saturated rings. The first-order chi connectivity index (χ1) is 12.1. The molecule has 4 nitrogen and oxygen atoms in total. The first-order valence-electron chi connectivity index (χ1n) is 8.41. The SMILES string of the molecule is CCC(OC(=O)CN1C(=O)CCc2ccccc21)c1ccc(F)cc1. The summed E-state index contributed by atoms with van der Waals surface area (Å²) in [6.45, 7) is 1.77. The second kappa shape index (κ2) is 7.47. The lowest BCUT2D eigenvalue weighted by Crippen LogP contribution is -2.39. The number of benzene rings is 2. The van der Waals surface area contributed by atoms with Crippen molar-refractivity contribution >= 4 is 17.6 Å². The van der Waals surface area contributed by atoms with Crippen molar-refractivity contribution in [3.8, 4) is 0 Å². The number of amides is 1. The van der Waals surface area contributed by atoms with Gasteiger partial charge in [-0.15, -0.1) is 0 Å². The second-order valence-corrected chi connectivity index (χ2v) is 6.05. The molecule has 2 aromatic carbocycles. The summed E-state index contributed by atoms with van der Waals surface area (Å²) in [5.41, 5.74) is 2.56. The van der Waals surface area contributed by atoms with Gasteiger partial charge in [0.2, 0.25) is 5.91 Å². The molecule has 1 amide bonds. The van der Waals surface area contributed by atoms with E-state index in [0.717, 1.165) is 16.8 Å². The maximum atomic E-state index is 13.1. The van der Waals surface area contributed by atoms with Gasteiger partial charge in [-0.2, -0.15) is 0 Å². The van der Waals surface area contributed by atoms with Gasteiger partial charge >= 0.3 is 5.97 Å². The molecule has 25 heavy (non-hydrogen) atoms. The molecule has 0 aliphatic carbocycles. The van der Waals surface area contributed by atoms with Crippen molar-refractivity contribution in [2.24, 2.45) is 0 Å². The Labute approximate surface area is 146 Å². The maximum Gasteiger partial charge on any atom is 0.326 e. The highest BCUT2D eigenvalue weighted by Crippen LogP contribution is 2.28. The van der Waals surface area contributed by atoms with Crippen molar-refractivity contribution in [2.45, 2.75) is 32.3 Å². The van der Waals surface area contributed by atoms with Crippen LogP contribution in [0.25, 0.3) is 0 Å². The molecule has 1 aliphatic heterocycles. The van der Waals surface area contributed by atoms with Gasteiger partial charge in [-0.1, -0.05) is 37.3 Å². The van der Waals surface area contributed by atoms with E-state index in [4.69, 9.17) is 4.74 Å². The van der Waals surface area contributed by atoms with Gasteiger partial charge in [0.25, 0.3) is 0 Å². The lowest BCUT2D eigenvalue weighted by molar-refractivity contribution is -0.148. The average molecular weight is 341 g/mol. The molecule has 5 heteroatoms. The molecule has 1 heterocycles. The normalized spacial score (nSPS) is 14.8. The van der Waals surface area contributed by atoms with E-state index in [1.54, 1.807) is 12.1 Å². The highest BCUT2D eigenvalue weighted by atomic mass is 19.1. The third-order valence-corrected chi connectivity index (χ3v) is 4.37. The van der Waals surface area contributed by atoms with E-state index in [2.05, 4.69) is 0 Å². The zero-order valence-corrected chi connectivity index (χ0v) is 14.1. The van der Waals surface area contributed by atoms with E-state index < -0.39 is 12.1 Å². The number of fused-ring (bicyclic) bond motifs is 1. The first kappa shape index (κ1) is 17.1. The van der Waals surface area contributed by atoms with Crippen LogP contribution in [0.3, 0.4) is 0 Å². The summed E-state index contributed by atoms with van der Waals surface area (Å²) in [6, 6.07) is 13.5. The number of esters is 1. The summed E-state index contributed by atoms with van der Waals surface area (Å²) in [6.07, 6.45) is 1.19. The standard InChI is InChI=1S/C20H20FNO3/c1-2-18(15-7-10-16(21)11-8-15)25-20(24)13-22-17-6-4-3-5-14(17)9-12-19(22)23/h3-8,10-11,18H,2,9,12-13H2,1H3. The van der Waals surface area contributed by atoms with Crippen LogP contribution in [-0.4, -0.2) is 18.4 Å². The third-order valence-electron chi connectivity index (χ3n) is 4.37. The predicted octanol–water partition coefficient (Wildman–Crippen LogP) is 3.80. The second-order valence-electron chi connectivity index (χ2n) is 6.05. The molecule has 0 saturated heterocycles. The summed E-state index contributed by atoms with van der Waals surface area (Å²) in [5, 5.41) is 0. The monoisotopic (exact) mass is 341 g/mol. The Kier molecular flexibility index (Phi) is 5.12. The molecule has 1 unspecified atom stereocenters. The Bertz CT molecular complexity index is 773. The van der Waals surface area contributed by atoms with Crippen molar-refractivity contribution in [2.75, 3.05) is 11.4 Å². The smallest absolute Gasteiger partial charge is 0.326 e. The molecule has 3 rings (SSSR count). The van der Waals surface area contributed by atoms with Gasteiger partial charge in [-0.3, -0.25) is 9.59 Å².